The van der Waals surface area contributed by atoms with Crippen LogP contribution in [0.4, 0.5) is 0 Å². The Balaban J connectivity index is 1.71. The van der Waals surface area contributed by atoms with Gasteiger partial charge in [0, 0.05) is 6.42 Å². The zero-order valence-corrected chi connectivity index (χ0v) is 11.9. The molecule has 2 saturated carbocycles. The minimum absolute atomic E-state index is 0.0871. The van der Waals surface area contributed by atoms with Gasteiger partial charge in [-0.25, -0.2) is 0 Å². The molecule has 0 aromatic heterocycles. The highest BCUT2D eigenvalue weighted by molar-refractivity contribution is 5.76. The molecule has 0 saturated heterocycles. The summed E-state index contributed by atoms with van der Waals surface area (Å²) in [7, 11) is 0. The first-order valence-corrected chi connectivity index (χ1v) is 7.98. The first-order valence-electron chi connectivity index (χ1n) is 7.98. The summed E-state index contributed by atoms with van der Waals surface area (Å²) in [5.74, 6) is 1.22. The Hall–Kier alpha value is -1.04. The van der Waals surface area contributed by atoms with Gasteiger partial charge < -0.3 is 5.32 Å². The van der Waals surface area contributed by atoms with Gasteiger partial charge in [0.2, 0.25) is 5.91 Å². The fraction of sp³-hybridized carbons (Fsp3) is 0.875. The number of carbonyl (C=O) groups is 1. The van der Waals surface area contributed by atoms with E-state index in [1.165, 1.54) is 44.9 Å². The SMILES string of the molecule is N#CC(NC(=O)CCC1CCCC1)C1CCCCC1. The largest absolute Gasteiger partial charge is 0.340 e. The molecule has 1 amide bonds. The van der Waals surface area contributed by atoms with E-state index in [-0.39, 0.29) is 11.9 Å². The summed E-state index contributed by atoms with van der Waals surface area (Å²) in [6.45, 7) is 0. The second-order valence-electron chi connectivity index (χ2n) is 6.26. The fourth-order valence-corrected chi connectivity index (χ4v) is 3.60. The lowest BCUT2D eigenvalue weighted by molar-refractivity contribution is -0.122. The van der Waals surface area contributed by atoms with Crippen molar-refractivity contribution in [2.75, 3.05) is 0 Å². The van der Waals surface area contributed by atoms with Crippen LogP contribution in [0.1, 0.15) is 70.6 Å². The van der Waals surface area contributed by atoms with E-state index in [1.807, 2.05) is 0 Å². The van der Waals surface area contributed by atoms with Crippen molar-refractivity contribution in [2.45, 2.75) is 76.7 Å². The van der Waals surface area contributed by atoms with E-state index in [2.05, 4.69) is 11.4 Å². The van der Waals surface area contributed by atoms with Crippen LogP contribution in [0.5, 0.6) is 0 Å². The number of hydrogen-bond donors (Lipinski definition) is 1. The monoisotopic (exact) mass is 262 g/mol. The molecule has 2 aliphatic carbocycles. The van der Waals surface area contributed by atoms with Crippen LogP contribution < -0.4 is 5.32 Å². The van der Waals surface area contributed by atoms with Crippen LogP contribution in [0.2, 0.25) is 0 Å². The van der Waals surface area contributed by atoms with Crippen LogP contribution in [0, 0.1) is 23.2 Å². The van der Waals surface area contributed by atoms with Gasteiger partial charge in [-0.2, -0.15) is 5.26 Å². The van der Waals surface area contributed by atoms with Gasteiger partial charge in [-0.3, -0.25) is 4.79 Å². The Morgan fingerprint density at radius 2 is 1.74 bits per heavy atom. The number of rotatable bonds is 5. The average Bonchev–Trinajstić information content (AvgIpc) is 2.97. The molecule has 106 valence electrons. The van der Waals surface area contributed by atoms with E-state index < -0.39 is 0 Å². The molecule has 2 fully saturated rings. The van der Waals surface area contributed by atoms with Crippen LogP contribution in [0.3, 0.4) is 0 Å². The predicted molar refractivity (Wildman–Crippen MR) is 75.3 cm³/mol. The van der Waals surface area contributed by atoms with Crippen molar-refractivity contribution >= 4 is 5.91 Å². The first-order chi connectivity index (χ1) is 9.29. The van der Waals surface area contributed by atoms with Crippen molar-refractivity contribution in [1.29, 1.82) is 5.26 Å². The van der Waals surface area contributed by atoms with Crippen molar-refractivity contribution in [3.63, 3.8) is 0 Å². The van der Waals surface area contributed by atoms with Gasteiger partial charge in [-0.1, -0.05) is 44.9 Å². The fourth-order valence-electron chi connectivity index (χ4n) is 3.60. The van der Waals surface area contributed by atoms with Crippen molar-refractivity contribution < 1.29 is 4.79 Å². The maximum Gasteiger partial charge on any atom is 0.221 e. The molecule has 2 aliphatic rings. The lowest BCUT2D eigenvalue weighted by Crippen LogP contribution is -2.40. The second kappa shape index (κ2) is 7.53. The van der Waals surface area contributed by atoms with Crippen molar-refractivity contribution in [3.05, 3.63) is 0 Å². The lowest BCUT2D eigenvalue weighted by Gasteiger charge is -2.26. The molecule has 0 aromatic rings. The smallest absolute Gasteiger partial charge is 0.221 e. The standard InChI is InChI=1S/C16H26N2O/c17-12-15(14-8-2-1-3-9-14)18-16(19)11-10-13-6-4-5-7-13/h13-15H,1-11H2,(H,18,19). The lowest BCUT2D eigenvalue weighted by atomic mass is 9.84. The number of carbonyl (C=O) groups excluding carboxylic acids is 1. The summed E-state index contributed by atoms with van der Waals surface area (Å²) in [5, 5.41) is 12.2. The van der Waals surface area contributed by atoms with Gasteiger partial charge in [0.05, 0.1) is 6.07 Å². The highest BCUT2D eigenvalue weighted by Gasteiger charge is 2.25. The number of hydrogen-bond acceptors (Lipinski definition) is 2. The summed E-state index contributed by atoms with van der Waals surface area (Å²) in [6, 6.07) is 2.05. The molecule has 0 bridgehead atoms. The molecule has 2 rings (SSSR count). The maximum absolute atomic E-state index is 11.9. The van der Waals surface area contributed by atoms with Gasteiger partial charge in [0.1, 0.15) is 6.04 Å². The number of amides is 1. The molecule has 3 nitrogen and oxygen atoms in total. The molecule has 0 aliphatic heterocycles. The maximum atomic E-state index is 11.9. The Kier molecular flexibility index (Phi) is 5.69. The average molecular weight is 262 g/mol. The van der Waals surface area contributed by atoms with Crippen LogP contribution in [-0.2, 0) is 4.79 Å². The summed E-state index contributed by atoms with van der Waals surface area (Å²) >= 11 is 0. The normalized spacial score (nSPS) is 22.9. The van der Waals surface area contributed by atoms with E-state index in [9.17, 15) is 10.1 Å². The number of nitrogens with zero attached hydrogens (tertiary/aromatic N) is 1. The zero-order chi connectivity index (χ0) is 13.5. The van der Waals surface area contributed by atoms with Crippen LogP contribution in [0.25, 0.3) is 0 Å². The molecular formula is C16H26N2O. The van der Waals surface area contributed by atoms with E-state index in [0.717, 1.165) is 25.2 Å². The van der Waals surface area contributed by atoms with Crippen LogP contribution >= 0.6 is 0 Å². The van der Waals surface area contributed by atoms with Crippen molar-refractivity contribution in [2.24, 2.45) is 11.8 Å². The van der Waals surface area contributed by atoms with E-state index >= 15 is 0 Å². The Morgan fingerprint density at radius 3 is 2.37 bits per heavy atom. The molecule has 0 radical (unpaired) electrons. The molecule has 19 heavy (non-hydrogen) atoms. The Morgan fingerprint density at radius 1 is 1.11 bits per heavy atom. The summed E-state index contributed by atoms with van der Waals surface area (Å²) in [4.78, 5) is 11.9. The quantitative estimate of drug-likeness (QED) is 0.823. The van der Waals surface area contributed by atoms with Gasteiger partial charge in [-0.15, -0.1) is 0 Å². The molecular weight excluding hydrogens is 236 g/mol. The second-order valence-corrected chi connectivity index (χ2v) is 6.26. The van der Waals surface area contributed by atoms with E-state index in [0.29, 0.717) is 12.3 Å². The minimum Gasteiger partial charge on any atom is -0.340 e. The van der Waals surface area contributed by atoms with Gasteiger partial charge in [0.15, 0.2) is 0 Å². The molecule has 3 heteroatoms. The Bertz CT molecular complexity index is 322. The predicted octanol–water partition coefficient (Wildman–Crippen LogP) is 3.55. The van der Waals surface area contributed by atoms with Gasteiger partial charge in [-0.05, 0) is 31.1 Å². The molecule has 1 N–H and O–H groups in total. The summed E-state index contributed by atoms with van der Waals surface area (Å²) in [5.41, 5.74) is 0. The topological polar surface area (TPSA) is 52.9 Å². The number of nitriles is 1. The minimum atomic E-state index is -0.253. The highest BCUT2D eigenvalue weighted by atomic mass is 16.1. The van der Waals surface area contributed by atoms with E-state index in [1.54, 1.807) is 0 Å². The third kappa shape index (κ3) is 4.53. The summed E-state index contributed by atoms with van der Waals surface area (Å²) in [6.07, 6.45) is 12.7. The first kappa shape index (κ1) is 14.4. The van der Waals surface area contributed by atoms with E-state index in [4.69, 9.17) is 0 Å². The van der Waals surface area contributed by atoms with Crippen LogP contribution in [-0.4, -0.2) is 11.9 Å². The van der Waals surface area contributed by atoms with Crippen molar-refractivity contribution in [3.8, 4) is 6.07 Å². The third-order valence-corrected chi connectivity index (χ3v) is 4.83. The molecule has 1 unspecified atom stereocenters. The van der Waals surface area contributed by atoms with Crippen molar-refractivity contribution in [1.82, 2.24) is 5.32 Å². The molecule has 0 aromatic carbocycles. The number of nitrogens with one attached hydrogen (secondary N) is 1. The molecule has 1 atom stereocenters. The third-order valence-electron chi connectivity index (χ3n) is 4.83. The molecule has 0 spiro atoms. The molecule has 0 heterocycles. The van der Waals surface area contributed by atoms with Gasteiger partial charge >= 0.3 is 0 Å². The zero-order valence-electron chi connectivity index (χ0n) is 11.9. The van der Waals surface area contributed by atoms with Gasteiger partial charge in [0.25, 0.3) is 0 Å². The summed E-state index contributed by atoms with van der Waals surface area (Å²) < 4.78 is 0. The highest BCUT2D eigenvalue weighted by Crippen LogP contribution is 2.29. The Labute approximate surface area is 116 Å². The van der Waals surface area contributed by atoms with Crippen LogP contribution in [0.15, 0.2) is 0 Å².